The van der Waals surface area contributed by atoms with Gasteiger partial charge in [-0.3, -0.25) is 4.79 Å². The fourth-order valence-electron chi connectivity index (χ4n) is 4.31. The third-order valence-electron chi connectivity index (χ3n) is 5.77. The topological polar surface area (TPSA) is 38.8 Å². The van der Waals surface area contributed by atoms with Crippen molar-refractivity contribution in [3.8, 4) is 11.5 Å². The average molecular weight is 380 g/mol. The number of hydrogen-bond acceptors (Lipinski definition) is 3. The van der Waals surface area contributed by atoms with Crippen LogP contribution >= 0.6 is 0 Å². The zero-order chi connectivity index (χ0) is 19.5. The van der Waals surface area contributed by atoms with E-state index in [0.29, 0.717) is 19.6 Å². The minimum atomic E-state index is 0.176. The van der Waals surface area contributed by atoms with Gasteiger partial charge in [-0.05, 0) is 74.9 Å². The molecule has 0 unspecified atom stereocenters. The number of carbonyl (C=O) groups excluding carboxylic acids is 1. The third kappa shape index (κ3) is 4.01. The predicted molar refractivity (Wildman–Crippen MR) is 111 cm³/mol. The molecule has 2 fully saturated rings. The van der Waals surface area contributed by atoms with Crippen LogP contribution in [0.15, 0.2) is 42.5 Å². The number of aryl methyl sites for hydroxylation is 1. The highest BCUT2D eigenvalue weighted by molar-refractivity contribution is 5.96. The van der Waals surface area contributed by atoms with Gasteiger partial charge >= 0.3 is 0 Å². The van der Waals surface area contributed by atoms with Gasteiger partial charge < -0.3 is 14.4 Å². The van der Waals surface area contributed by atoms with E-state index in [1.165, 1.54) is 18.4 Å². The Labute approximate surface area is 167 Å². The highest BCUT2D eigenvalue weighted by atomic mass is 16.5. The van der Waals surface area contributed by atoms with Gasteiger partial charge in [-0.25, -0.2) is 0 Å². The van der Waals surface area contributed by atoms with Crippen LogP contribution in [0.3, 0.4) is 0 Å². The van der Waals surface area contributed by atoms with Crippen LogP contribution in [-0.4, -0.2) is 25.2 Å². The summed E-state index contributed by atoms with van der Waals surface area (Å²) >= 11 is 0. The van der Waals surface area contributed by atoms with Crippen LogP contribution in [0, 0.1) is 6.92 Å². The molecule has 148 valence electrons. The predicted octanol–water partition coefficient (Wildman–Crippen LogP) is 5.24. The normalized spacial score (nSPS) is 20.0. The van der Waals surface area contributed by atoms with Crippen LogP contribution < -0.4 is 14.4 Å². The summed E-state index contributed by atoms with van der Waals surface area (Å²) in [5, 5.41) is 0. The maximum atomic E-state index is 12.7. The molecule has 2 aromatic rings. The molecule has 1 heterocycles. The van der Waals surface area contributed by atoms with Crippen LogP contribution in [0.25, 0.3) is 0 Å². The number of ether oxygens (including phenoxy) is 2. The number of carbonyl (C=O) groups is 1. The van der Waals surface area contributed by atoms with E-state index >= 15 is 0 Å². The number of hydrogen-bond donors (Lipinski definition) is 0. The first kappa shape index (κ1) is 18.9. The first-order chi connectivity index (χ1) is 13.6. The van der Waals surface area contributed by atoms with Crippen LogP contribution in [0.1, 0.15) is 56.1 Å². The first-order valence-electron chi connectivity index (χ1n) is 10.4. The van der Waals surface area contributed by atoms with Gasteiger partial charge in [0.2, 0.25) is 5.91 Å². The summed E-state index contributed by atoms with van der Waals surface area (Å²) < 4.78 is 12.1. The van der Waals surface area contributed by atoms with E-state index in [1.807, 2.05) is 30.0 Å². The standard InChI is InChI=1S/C24H29NO3/c1-3-27-22-12-11-18(14-23(22)28-21-9-4-5-10-21)19-15-24(26)25(16-19)20-8-6-7-17(2)13-20/h6-8,11-14,19,21H,3-5,9-10,15-16H2,1-2H3/t19-/m1/s1. The van der Waals surface area contributed by atoms with E-state index in [9.17, 15) is 4.79 Å². The molecular weight excluding hydrogens is 350 g/mol. The Morgan fingerprint density at radius 2 is 1.89 bits per heavy atom. The van der Waals surface area contributed by atoms with E-state index in [2.05, 4.69) is 31.2 Å². The first-order valence-corrected chi connectivity index (χ1v) is 10.4. The number of amides is 1. The summed E-state index contributed by atoms with van der Waals surface area (Å²) in [6.07, 6.45) is 5.50. The Morgan fingerprint density at radius 3 is 2.64 bits per heavy atom. The van der Waals surface area contributed by atoms with Gasteiger partial charge in [-0.2, -0.15) is 0 Å². The molecule has 1 saturated heterocycles. The number of benzene rings is 2. The van der Waals surface area contributed by atoms with Crippen molar-refractivity contribution >= 4 is 11.6 Å². The zero-order valence-electron chi connectivity index (χ0n) is 16.8. The molecule has 0 bridgehead atoms. The monoisotopic (exact) mass is 379 g/mol. The largest absolute Gasteiger partial charge is 0.490 e. The molecule has 0 N–H and O–H groups in total. The minimum absolute atomic E-state index is 0.176. The molecule has 4 nitrogen and oxygen atoms in total. The second kappa shape index (κ2) is 8.26. The van der Waals surface area contributed by atoms with Crippen molar-refractivity contribution < 1.29 is 14.3 Å². The van der Waals surface area contributed by atoms with E-state index in [4.69, 9.17) is 9.47 Å². The van der Waals surface area contributed by atoms with Gasteiger partial charge in [0, 0.05) is 24.6 Å². The Kier molecular flexibility index (Phi) is 5.56. The summed E-state index contributed by atoms with van der Waals surface area (Å²) in [6, 6.07) is 14.3. The quantitative estimate of drug-likeness (QED) is 0.689. The molecule has 2 aromatic carbocycles. The summed E-state index contributed by atoms with van der Waals surface area (Å²) in [4.78, 5) is 14.6. The average Bonchev–Trinajstić information content (AvgIpc) is 3.33. The molecule has 1 amide bonds. The third-order valence-corrected chi connectivity index (χ3v) is 5.77. The molecule has 4 heteroatoms. The van der Waals surface area contributed by atoms with Crippen molar-refractivity contribution in [2.45, 2.75) is 58.0 Å². The Morgan fingerprint density at radius 1 is 1.07 bits per heavy atom. The molecule has 1 atom stereocenters. The summed E-state index contributed by atoms with van der Waals surface area (Å²) in [5.41, 5.74) is 3.31. The van der Waals surface area contributed by atoms with Crippen LogP contribution in [0.5, 0.6) is 11.5 Å². The number of nitrogens with zero attached hydrogens (tertiary/aromatic N) is 1. The molecule has 1 aliphatic carbocycles. The maximum absolute atomic E-state index is 12.7. The molecule has 28 heavy (non-hydrogen) atoms. The number of anilines is 1. The van der Waals surface area contributed by atoms with Gasteiger partial charge in [0.05, 0.1) is 12.7 Å². The van der Waals surface area contributed by atoms with Crippen LogP contribution in [0.2, 0.25) is 0 Å². The van der Waals surface area contributed by atoms with Gasteiger partial charge in [0.15, 0.2) is 11.5 Å². The van der Waals surface area contributed by atoms with Crippen molar-refractivity contribution in [1.82, 2.24) is 0 Å². The van der Waals surface area contributed by atoms with Crippen molar-refractivity contribution in [2.75, 3.05) is 18.1 Å². The minimum Gasteiger partial charge on any atom is -0.490 e. The molecule has 0 spiro atoms. The van der Waals surface area contributed by atoms with Crippen molar-refractivity contribution in [1.29, 1.82) is 0 Å². The SMILES string of the molecule is CCOc1ccc([C@@H]2CC(=O)N(c3cccc(C)c3)C2)cc1OC1CCCC1. The molecule has 4 rings (SSSR count). The van der Waals surface area contributed by atoms with Crippen LogP contribution in [-0.2, 0) is 4.79 Å². The molecule has 0 radical (unpaired) electrons. The molecule has 1 saturated carbocycles. The molecular formula is C24H29NO3. The second-order valence-corrected chi connectivity index (χ2v) is 7.91. The van der Waals surface area contributed by atoms with Gasteiger partial charge in [-0.1, -0.05) is 18.2 Å². The van der Waals surface area contributed by atoms with Gasteiger partial charge in [0.1, 0.15) is 0 Å². The van der Waals surface area contributed by atoms with Crippen molar-refractivity contribution in [2.24, 2.45) is 0 Å². The van der Waals surface area contributed by atoms with E-state index in [-0.39, 0.29) is 17.9 Å². The summed E-state index contributed by atoms with van der Waals surface area (Å²) in [7, 11) is 0. The fourth-order valence-corrected chi connectivity index (χ4v) is 4.31. The maximum Gasteiger partial charge on any atom is 0.227 e. The second-order valence-electron chi connectivity index (χ2n) is 7.91. The summed E-state index contributed by atoms with van der Waals surface area (Å²) in [6.45, 7) is 5.37. The zero-order valence-corrected chi connectivity index (χ0v) is 16.8. The van der Waals surface area contributed by atoms with Crippen LogP contribution in [0.4, 0.5) is 5.69 Å². The highest BCUT2D eigenvalue weighted by Gasteiger charge is 2.32. The molecule has 1 aliphatic heterocycles. The van der Waals surface area contributed by atoms with E-state index < -0.39 is 0 Å². The fraction of sp³-hybridized carbons (Fsp3) is 0.458. The molecule has 2 aliphatic rings. The van der Waals surface area contributed by atoms with Crippen molar-refractivity contribution in [3.63, 3.8) is 0 Å². The lowest BCUT2D eigenvalue weighted by molar-refractivity contribution is -0.117. The van der Waals surface area contributed by atoms with Crippen molar-refractivity contribution in [3.05, 3.63) is 53.6 Å². The molecule has 0 aromatic heterocycles. The van der Waals surface area contributed by atoms with E-state index in [1.54, 1.807) is 0 Å². The Hall–Kier alpha value is -2.49. The Bertz CT molecular complexity index is 841. The Balaban J connectivity index is 1.55. The highest BCUT2D eigenvalue weighted by Crippen LogP contribution is 2.38. The lowest BCUT2D eigenvalue weighted by atomic mass is 9.98. The lowest BCUT2D eigenvalue weighted by Gasteiger charge is -2.20. The smallest absolute Gasteiger partial charge is 0.227 e. The van der Waals surface area contributed by atoms with Gasteiger partial charge in [-0.15, -0.1) is 0 Å². The summed E-state index contributed by atoms with van der Waals surface area (Å²) in [5.74, 6) is 1.99. The van der Waals surface area contributed by atoms with Gasteiger partial charge in [0.25, 0.3) is 0 Å². The lowest BCUT2D eigenvalue weighted by Crippen LogP contribution is -2.24. The number of rotatable bonds is 6. The van der Waals surface area contributed by atoms with E-state index in [0.717, 1.165) is 35.6 Å².